The predicted octanol–water partition coefficient (Wildman–Crippen LogP) is 5.34. The normalized spacial score (nSPS) is 13.8. The monoisotopic (exact) mass is 464 g/mol. The zero-order chi connectivity index (χ0) is 23.2. The number of aromatic hydroxyl groups is 1. The van der Waals surface area contributed by atoms with Crippen LogP contribution in [-0.4, -0.2) is 41.9 Å². The third kappa shape index (κ3) is 5.43. The van der Waals surface area contributed by atoms with E-state index >= 15 is 0 Å². The Hall–Kier alpha value is -3.16. The number of aliphatic imine (C=N–C) groups is 1. The van der Waals surface area contributed by atoms with Gasteiger partial charge in [-0.15, -0.1) is 11.3 Å². The molecule has 0 fully saturated rings. The molecule has 4 rings (SSSR count). The van der Waals surface area contributed by atoms with E-state index in [-0.39, 0.29) is 11.7 Å². The van der Waals surface area contributed by atoms with Gasteiger partial charge in [0.05, 0.1) is 18.8 Å². The van der Waals surface area contributed by atoms with Crippen LogP contribution in [0.2, 0.25) is 0 Å². The molecule has 0 radical (unpaired) electrons. The first-order chi connectivity index (χ1) is 16.1. The lowest BCUT2D eigenvalue weighted by atomic mass is 10.0. The second kappa shape index (κ2) is 10.6. The molecule has 0 unspecified atom stereocenters. The Balaban J connectivity index is 1.61. The van der Waals surface area contributed by atoms with Gasteiger partial charge in [-0.3, -0.25) is 4.90 Å². The van der Waals surface area contributed by atoms with Crippen LogP contribution in [0.1, 0.15) is 45.8 Å². The van der Waals surface area contributed by atoms with Crippen LogP contribution in [-0.2, 0) is 24.2 Å². The summed E-state index contributed by atoms with van der Waals surface area (Å²) in [5.74, 6) is 0.180. The highest BCUT2D eigenvalue weighted by Crippen LogP contribution is 2.40. The number of benzene rings is 2. The number of esters is 1. The van der Waals surface area contributed by atoms with Crippen molar-refractivity contribution in [2.45, 2.75) is 33.4 Å². The summed E-state index contributed by atoms with van der Waals surface area (Å²) in [4.78, 5) is 21.0. The molecule has 1 N–H and O–H groups in total. The molecule has 1 aliphatic heterocycles. The van der Waals surface area contributed by atoms with Crippen LogP contribution in [0.15, 0.2) is 53.5 Å². The average molecular weight is 465 g/mol. The van der Waals surface area contributed by atoms with Crippen LogP contribution in [0.4, 0.5) is 5.00 Å². The smallest absolute Gasteiger partial charge is 0.341 e. The molecule has 172 valence electrons. The van der Waals surface area contributed by atoms with Gasteiger partial charge in [-0.25, -0.2) is 9.79 Å². The van der Waals surface area contributed by atoms with E-state index in [9.17, 15) is 9.90 Å². The number of phenolic OH excluding ortho intramolecular Hbond substituents is 1. The number of thiophene rings is 1. The molecule has 7 heteroatoms. The van der Waals surface area contributed by atoms with Gasteiger partial charge in [0.1, 0.15) is 5.00 Å². The van der Waals surface area contributed by atoms with Crippen molar-refractivity contribution in [3.05, 3.63) is 75.7 Å². The summed E-state index contributed by atoms with van der Waals surface area (Å²) in [5.41, 5.74) is 3.69. The van der Waals surface area contributed by atoms with Gasteiger partial charge in [0.25, 0.3) is 0 Å². The summed E-state index contributed by atoms with van der Waals surface area (Å²) in [5, 5.41) is 10.6. The van der Waals surface area contributed by atoms with E-state index in [2.05, 4.69) is 34.2 Å². The Morgan fingerprint density at radius 3 is 2.76 bits per heavy atom. The van der Waals surface area contributed by atoms with E-state index < -0.39 is 0 Å². The Bertz CT molecular complexity index is 1140. The van der Waals surface area contributed by atoms with E-state index in [4.69, 9.17) is 9.47 Å². The molecule has 0 amide bonds. The van der Waals surface area contributed by atoms with Crippen LogP contribution >= 0.6 is 11.3 Å². The van der Waals surface area contributed by atoms with Crippen molar-refractivity contribution < 1.29 is 19.4 Å². The number of carbonyl (C=O) groups excluding carboxylic acids is 1. The van der Waals surface area contributed by atoms with Crippen molar-refractivity contribution in [2.24, 2.45) is 4.99 Å². The number of nitrogens with zero attached hydrogens (tertiary/aromatic N) is 2. The maximum absolute atomic E-state index is 12.8. The first-order valence-corrected chi connectivity index (χ1v) is 12.0. The number of ether oxygens (including phenoxy) is 2. The zero-order valence-corrected chi connectivity index (χ0v) is 19.7. The molecule has 0 bridgehead atoms. The van der Waals surface area contributed by atoms with Crippen LogP contribution in [0.3, 0.4) is 0 Å². The lowest BCUT2D eigenvalue weighted by Gasteiger charge is -2.27. The molecule has 0 saturated heterocycles. The standard InChI is InChI=1S/C26H28N2O4S/c1-3-31-22-14-19(10-11-21(22)29)15-27-25-24(26(30)32-4-2)20-12-13-28(17-23(20)33-25)16-18-8-6-5-7-9-18/h5-11,14-15,29H,3-4,12-13,16-17H2,1-2H3. The van der Waals surface area contributed by atoms with Crippen LogP contribution < -0.4 is 4.74 Å². The molecule has 6 nitrogen and oxygen atoms in total. The van der Waals surface area contributed by atoms with Gasteiger partial charge in [-0.2, -0.15) is 0 Å². The van der Waals surface area contributed by atoms with Crippen LogP contribution in [0.5, 0.6) is 11.5 Å². The Morgan fingerprint density at radius 1 is 1.18 bits per heavy atom. The van der Waals surface area contributed by atoms with Gasteiger partial charge in [-0.1, -0.05) is 30.3 Å². The molecule has 0 spiro atoms. The van der Waals surface area contributed by atoms with Crippen molar-refractivity contribution >= 4 is 28.5 Å². The van der Waals surface area contributed by atoms with E-state index in [0.717, 1.165) is 42.1 Å². The highest BCUT2D eigenvalue weighted by Gasteiger charge is 2.28. The molecule has 1 aromatic heterocycles. The van der Waals surface area contributed by atoms with E-state index in [1.807, 2.05) is 19.9 Å². The Kier molecular flexibility index (Phi) is 7.42. The quantitative estimate of drug-likeness (QED) is 0.360. The van der Waals surface area contributed by atoms with Gasteiger partial charge in [0, 0.05) is 30.7 Å². The van der Waals surface area contributed by atoms with Gasteiger partial charge < -0.3 is 14.6 Å². The maximum Gasteiger partial charge on any atom is 0.341 e. The molecule has 2 heterocycles. The number of rotatable bonds is 8. The number of hydrogen-bond donors (Lipinski definition) is 1. The van der Waals surface area contributed by atoms with Gasteiger partial charge in [-0.05, 0) is 55.2 Å². The molecule has 33 heavy (non-hydrogen) atoms. The molecule has 0 saturated carbocycles. The fourth-order valence-corrected chi connectivity index (χ4v) is 5.16. The van der Waals surface area contributed by atoms with Gasteiger partial charge in [0.15, 0.2) is 11.5 Å². The zero-order valence-electron chi connectivity index (χ0n) is 18.9. The molecule has 0 aliphatic carbocycles. The fraction of sp³-hybridized carbons (Fsp3) is 0.308. The molecule has 0 atom stereocenters. The first-order valence-electron chi connectivity index (χ1n) is 11.2. The molecular formula is C26H28N2O4S. The number of hydrogen-bond acceptors (Lipinski definition) is 7. The van der Waals surface area contributed by atoms with Crippen molar-refractivity contribution in [3.63, 3.8) is 0 Å². The van der Waals surface area contributed by atoms with Crippen molar-refractivity contribution in [1.82, 2.24) is 4.90 Å². The van der Waals surface area contributed by atoms with E-state index in [1.54, 1.807) is 35.8 Å². The second-order valence-electron chi connectivity index (χ2n) is 7.77. The summed E-state index contributed by atoms with van der Waals surface area (Å²) >= 11 is 1.55. The van der Waals surface area contributed by atoms with Gasteiger partial charge >= 0.3 is 5.97 Å². The maximum atomic E-state index is 12.8. The third-order valence-corrected chi connectivity index (χ3v) is 6.59. The summed E-state index contributed by atoms with van der Waals surface area (Å²) < 4.78 is 10.8. The van der Waals surface area contributed by atoms with Crippen LogP contribution in [0, 0.1) is 0 Å². The van der Waals surface area contributed by atoms with Crippen molar-refractivity contribution in [1.29, 1.82) is 0 Å². The minimum atomic E-state index is -0.320. The molecular weight excluding hydrogens is 436 g/mol. The highest BCUT2D eigenvalue weighted by atomic mass is 32.1. The number of phenols is 1. The summed E-state index contributed by atoms with van der Waals surface area (Å²) in [7, 11) is 0. The average Bonchev–Trinajstić information content (AvgIpc) is 3.18. The summed E-state index contributed by atoms with van der Waals surface area (Å²) in [6.07, 6.45) is 2.49. The molecule has 2 aromatic carbocycles. The van der Waals surface area contributed by atoms with Gasteiger partial charge in [0.2, 0.25) is 0 Å². The second-order valence-corrected chi connectivity index (χ2v) is 8.85. The molecule has 3 aromatic rings. The largest absolute Gasteiger partial charge is 0.504 e. The minimum Gasteiger partial charge on any atom is -0.504 e. The predicted molar refractivity (Wildman–Crippen MR) is 131 cm³/mol. The van der Waals surface area contributed by atoms with Crippen molar-refractivity contribution in [3.8, 4) is 11.5 Å². The first kappa shape index (κ1) is 23.0. The van der Waals surface area contributed by atoms with E-state index in [0.29, 0.717) is 29.5 Å². The van der Waals surface area contributed by atoms with Crippen LogP contribution in [0.25, 0.3) is 0 Å². The summed E-state index contributed by atoms with van der Waals surface area (Å²) in [6, 6.07) is 15.5. The fourth-order valence-electron chi connectivity index (χ4n) is 3.94. The Labute approximate surface area is 198 Å². The number of fused-ring (bicyclic) bond motifs is 1. The summed E-state index contributed by atoms with van der Waals surface area (Å²) in [6.45, 7) is 6.99. The SMILES string of the molecule is CCOC(=O)c1c(N=Cc2ccc(O)c(OCC)c2)sc2c1CCN(Cc1ccccc1)C2. The molecule has 1 aliphatic rings. The third-order valence-electron chi connectivity index (χ3n) is 5.46. The Morgan fingerprint density at radius 2 is 2.00 bits per heavy atom. The lowest BCUT2D eigenvalue weighted by molar-refractivity contribution is 0.0526. The highest BCUT2D eigenvalue weighted by molar-refractivity contribution is 7.16. The topological polar surface area (TPSA) is 71.4 Å². The minimum absolute atomic E-state index is 0.0892. The lowest BCUT2D eigenvalue weighted by Crippen LogP contribution is -2.29. The van der Waals surface area contributed by atoms with E-state index in [1.165, 1.54) is 5.56 Å². The van der Waals surface area contributed by atoms with Crippen molar-refractivity contribution in [2.75, 3.05) is 19.8 Å². The number of carbonyl (C=O) groups is 1.